The third-order valence-corrected chi connectivity index (χ3v) is 5.40. The molecule has 0 atom stereocenters. The van der Waals surface area contributed by atoms with Crippen LogP contribution in [0.15, 0.2) is 29.2 Å². The van der Waals surface area contributed by atoms with Crippen LogP contribution in [0.2, 0.25) is 0 Å². The highest BCUT2D eigenvalue weighted by Crippen LogP contribution is 2.34. The molecule has 1 N–H and O–H groups in total. The number of benzene rings is 1. The highest BCUT2D eigenvalue weighted by atomic mass is 32.2. The molecule has 1 aliphatic rings. The van der Waals surface area contributed by atoms with Crippen molar-refractivity contribution in [3.63, 3.8) is 0 Å². The number of nitrogens with zero attached hydrogens (tertiary/aromatic N) is 1. The van der Waals surface area contributed by atoms with Gasteiger partial charge in [-0.15, -0.1) is 0 Å². The van der Waals surface area contributed by atoms with Gasteiger partial charge in [-0.3, -0.25) is 4.79 Å². The van der Waals surface area contributed by atoms with Crippen LogP contribution in [0.4, 0.5) is 8.78 Å². The van der Waals surface area contributed by atoms with Crippen molar-refractivity contribution in [2.24, 2.45) is 0 Å². The molecule has 1 aromatic rings. The second-order valence-corrected chi connectivity index (χ2v) is 7.30. The van der Waals surface area contributed by atoms with Crippen LogP contribution in [0.3, 0.4) is 0 Å². The van der Waals surface area contributed by atoms with Crippen molar-refractivity contribution in [1.82, 2.24) is 4.31 Å². The van der Waals surface area contributed by atoms with Gasteiger partial charge < -0.3 is 5.11 Å². The molecule has 1 aliphatic carbocycles. The standard InChI is InChI=1S/C14H17F2NO4S/c1-14(15,16)10-3-2-4-12(9-10)22(20,21)17(11-5-6-11)8-7-13(18)19/h2-4,9,11H,5-8H2,1H3,(H,18,19). The largest absolute Gasteiger partial charge is 0.481 e. The molecule has 0 radical (unpaired) electrons. The molecule has 0 bridgehead atoms. The van der Waals surface area contributed by atoms with Crippen molar-refractivity contribution in [2.75, 3.05) is 6.54 Å². The predicted molar refractivity (Wildman–Crippen MR) is 75.2 cm³/mol. The number of carboxylic acids is 1. The molecular formula is C14H17F2NO4S. The third kappa shape index (κ3) is 3.80. The molecular weight excluding hydrogens is 316 g/mol. The van der Waals surface area contributed by atoms with E-state index in [1.807, 2.05) is 0 Å². The smallest absolute Gasteiger partial charge is 0.304 e. The van der Waals surface area contributed by atoms with E-state index in [2.05, 4.69) is 0 Å². The number of halogens is 2. The van der Waals surface area contributed by atoms with Gasteiger partial charge in [0, 0.05) is 25.1 Å². The van der Waals surface area contributed by atoms with Gasteiger partial charge in [0.1, 0.15) is 0 Å². The van der Waals surface area contributed by atoms with E-state index in [4.69, 9.17) is 5.11 Å². The molecule has 0 spiro atoms. The van der Waals surface area contributed by atoms with Crippen molar-refractivity contribution in [1.29, 1.82) is 0 Å². The van der Waals surface area contributed by atoms with E-state index >= 15 is 0 Å². The molecule has 1 fully saturated rings. The maximum atomic E-state index is 13.4. The Morgan fingerprint density at radius 3 is 2.55 bits per heavy atom. The van der Waals surface area contributed by atoms with E-state index in [0.29, 0.717) is 19.8 Å². The fraction of sp³-hybridized carbons (Fsp3) is 0.500. The Morgan fingerprint density at radius 2 is 2.05 bits per heavy atom. The molecule has 0 aliphatic heterocycles. The van der Waals surface area contributed by atoms with Crippen molar-refractivity contribution in [3.05, 3.63) is 29.8 Å². The van der Waals surface area contributed by atoms with Crippen molar-refractivity contribution >= 4 is 16.0 Å². The number of carbonyl (C=O) groups is 1. The normalized spacial score (nSPS) is 16.0. The maximum Gasteiger partial charge on any atom is 0.304 e. The zero-order chi connectivity index (χ0) is 16.5. The van der Waals surface area contributed by atoms with E-state index in [0.717, 1.165) is 16.4 Å². The molecule has 0 unspecified atom stereocenters. The van der Waals surface area contributed by atoms with Crippen molar-refractivity contribution < 1.29 is 27.1 Å². The summed E-state index contributed by atoms with van der Waals surface area (Å²) in [6, 6.07) is 4.39. The first-order valence-electron chi connectivity index (χ1n) is 6.84. The Bertz CT molecular complexity index is 666. The van der Waals surface area contributed by atoms with Crippen LogP contribution in [0.1, 0.15) is 31.7 Å². The summed E-state index contributed by atoms with van der Waals surface area (Å²) in [7, 11) is -3.98. The fourth-order valence-electron chi connectivity index (χ4n) is 2.13. The molecule has 1 aromatic carbocycles. The van der Waals surface area contributed by atoms with E-state index in [-0.39, 0.29) is 29.5 Å². The molecule has 122 valence electrons. The maximum absolute atomic E-state index is 13.4. The molecule has 0 saturated heterocycles. The topological polar surface area (TPSA) is 74.7 Å². The Balaban J connectivity index is 2.33. The van der Waals surface area contributed by atoms with Gasteiger partial charge in [0.15, 0.2) is 0 Å². The second-order valence-electron chi connectivity index (χ2n) is 5.41. The first kappa shape index (κ1) is 16.8. The van der Waals surface area contributed by atoms with E-state index in [1.54, 1.807) is 0 Å². The molecule has 22 heavy (non-hydrogen) atoms. The Kier molecular flexibility index (Phi) is 4.53. The Hall–Kier alpha value is -1.54. The number of alkyl halides is 2. The molecule has 2 rings (SSSR count). The van der Waals surface area contributed by atoms with Crippen LogP contribution >= 0.6 is 0 Å². The minimum atomic E-state index is -3.98. The van der Waals surface area contributed by atoms with Gasteiger partial charge in [0.25, 0.3) is 5.92 Å². The molecule has 5 nitrogen and oxygen atoms in total. The number of aliphatic carboxylic acids is 1. The van der Waals surface area contributed by atoms with Gasteiger partial charge in [-0.25, -0.2) is 17.2 Å². The van der Waals surface area contributed by atoms with Crippen molar-refractivity contribution in [2.45, 2.75) is 43.0 Å². The van der Waals surface area contributed by atoms with E-state index in [9.17, 15) is 22.0 Å². The zero-order valence-electron chi connectivity index (χ0n) is 12.0. The van der Waals surface area contributed by atoms with Crippen LogP contribution < -0.4 is 0 Å². The quantitative estimate of drug-likeness (QED) is 0.831. The average Bonchev–Trinajstić information content (AvgIpc) is 3.22. The summed E-state index contributed by atoms with van der Waals surface area (Å²) in [4.78, 5) is 10.4. The van der Waals surface area contributed by atoms with Crippen LogP contribution in [0.5, 0.6) is 0 Å². The van der Waals surface area contributed by atoms with Crippen LogP contribution in [0, 0.1) is 0 Å². The fourth-order valence-corrected chi connectivity index (χ4v) is 3.86. The van der Waals surface area contributed by atoms with Crippen LogP contribution in [-0.2, 0) is 20.7 Å². The SMILES string of the molecule is CC(F)(F)c1cccc(S(=O)(=O)N(CCC(=O)O)C2CC2)c1. The van der Waals surface area contributed by atoms with Gasteiger partial charge in [-0.2, -0.15) is 4.31 Å². The zero-order valence-corrected chi connectivity index (χ0v) is 12.8. The summed E-state index contributed by atoms with van der Waals surface area (Å²) in [6.45, 7) is 0.539. The number of sulfonamides is 1. The molecule has 0 heterocycles. The van der Waals surface area contributed by atoms with Crippen LogP contribution in [0.25, 0.3) is 0 Å². The number of rotatable bonds is 7. The van der Waals surface area contributed by atoms with Gasteiger partial charge in [-0.1, -0.05) is 12.1 Å². The van der Waals surface area contributed by atoms with Crippen molar-refractivity contribution in [3.8, 4) is 0 Å². The summed E-state index contributed by atoms with van der Waals surface area (Å²) in [5.41, 5.74) is -0.387. The first-order chi connectivity index (χ1) is 10.1. The molecule has 1 saturated carbocycles. The minimum absolute atomic E-state index is 0.158. The summed E-state index contributed by atoms with van der Waals surface area (Å²) in [5, 5.41) is 8.73. The predicted octanol–water partition coefficient (Wildman–Crippen LogP) is 2.43. The van der Waals surface area contributed by atoms with Gasteiger partial charge in [0.05, 0.1) is 11.3 Å². The summed E-state index contributed by atoms with van der Waals surface area (Å²) in [5.74, 6) is -4.24. The second kappa shape index (κ2) is 5.92. The lowest BCUT2D eigenvalue weighted by atomic mass is 10.1. The molecule has 8 heteroatoms. The van der Waals surface area contributed by atoms with E-state index < -0.39 is 21.9 Å². The van der Waals surface area contributed by atoms with Gasteiger partial charge >= 0.3 is 5.97 Å². The summed E-state index contributed by atoms with van der Waals surface area (Å²) >= 11 is 0. The van der Waals surface area contributed by atoms with Crippen LogP contribution in [-0.4, -0.2) is 36.4 Å². The van der Waals surface area contributed by atoms with Gasteiger partial charge in [-0.05, 0) is 25.0 Å². The lowest BCUT2D eigenvalue weighted by Gasteiger charge is -2.22. The lowest BCUT2D eigenvalue weighted by molar-refractivity contribution is -0.137. The minimum Gasteiger partial charge on any atom is -0.481 e. The van der Waals surface area contributed by atoms with E-state index in [1.165, 1.54) is 12.1 Å². The summed E-state index contributed by atoms with van der Waals surface area (Å²) in [6.07, 6.45) is 0.990. The number of hydrogen-bond acceptors (Lipinski definition) is 3. The van der Waals surface area contributed by atoms with Gasteiger partial charge in [0.2, 0.25) is 10.0 Å². The highest BCUT2D eigenvalue weighted by molar-refractivity contribution is 7.89. The number of hydrogen-bond donors (Lipinski definition) is 1. The summed E-state index contributed by atoms with van der Waals surface area (Å²) < 4.78 is 53.0. The monoisotopic (exact) mass is 333 g/mol. The average molecular weight is 333 g/mol. The highest BCUT2D eigenvalue weighted by Gasteiger charge is 2.38. The number of carboxylic acid groups (broad SMARTS) is 1. The molecule has 0 aromatic heterocycles. The molecule has 0 amide bonds. The Labute approximate surface area is 127 Å². The first-order valence-corrected chi connectivity index (χ1v) is 8.28. The third-order valence-electron chi connectivity index (χ3n) is 3.45. The Morgan fingerprint density at radius 1 is 1.41 bits per heavy atom. The lowest BCUT2D eigenvalue weighted by Crippen LogP contribution is -2.35.